The summed E-state index contributed by atoms with van der Waals surface area (Å²) in [5.74, 6) is 0. The summed E-state index contributed by atoms with van der Waals surface area (Å²) in [4.78, 5) is 0. The van der Waals surface area contributed by atoms with E-state index in [1.54, 1.807) is 0 Å². The Labute approximate surface area is 113 Å². The van der Waals surface area contributed by atoms with Gasteiger partial charge in [0.25, 0.3) is 0 Å². The van der Waals surface area contributed by atoms with Gasteiger partial charge >= 0.3 is 0 Å². The highest BCUT2D eigenvalue weighted by Gasteiger charge is 2.12. The van der Waals surface area contributed by atoms with Crippen molar-refractivity contribution < 1.29 is 0 Å². The molecular formula is C14H18ClN3. The van der Waals surface area contributed by atoms with Crippen LogP contribution in [0.3, 0.4) is 0 Å². The Morgan fingerprint density at radius 1 is 1.39 bits per heavy atom. The standard InChI is InChI=1S/C14H18ClN3/c1-16-14(12-5-3-4-6-13(12)15)8-7-11-9-17-18(2)10-11/h3-6,9-10,14,16H,7-8H2,1-2H3. The van der Waals surface area contributed by atoms with Crippen molar-refractivity contribution in [2.24, 2.45) is 7.05 Å². The number of nitrogens with zero attached hydrogens (tertiary/aromatic N) is 2. The number of aromatic nitrogens is 2. The lowest BCUT2D eigenvalue weighted by molar-refractivity contribution is 0.549. The van der Waals surface area contributed by atoms with E-state index >= 15 is 0 Å². The molecule has 0 aliphatic heterocycles. The average Bonchev–Trinajstić information content (AvgIpc) is 2.78. The predicted octanol–water partition coefficient (Wildman–Crippen LogP) is 2.97. The second-order valence-corrected chi connectivity index (χ2v) is 4.83. The van der Waals surface area contributed by atoms with Gasteiger partial charge in [-0.1, -0.05) is 29.8 Å². The number of rotatable bonds is 5. The Hall–Kier alpha value is -1.32. The van der Waals surface area contributed by atoms with E-state index in [0.717, 1.165) is 23.4 Å². The van der Waals surface area contributed by atoms with Crippen LogP contribution in [0.2, 0.25) is 5.02 Å². The van der Waals surface area contributed by atoms with Crippen molar-refractivity contribution in [1.82, 2.24) is 15.1 Å². The highest BCUT2D eigenvalue weighted by Crippen LogP contribution is 2.25. The molecule has 0 aliphatic rings. The molecule has 1 N–H and O–H groups in total. The molecule has 0 fully saturated rings. The van der Waals surface area contributed by atoms with Crippen molar-refractivity contribution in [3.8, 4) is 0 Å². The second-order valence-electron chi connectivity index (χ2n) is 4.42. The molecule has 0 saturated heterocycles. The van der Waals surface area contributed by atoms with Crippen molar-refractivity contribution in [3.05, 3.63) is 52.8 Å². The van der Waals surface area contributed by atoms with Crippen molar-refractivity contribution in [2.45, 2.75) is 18.9 Å². The molecule has 0 amide bonds. The summed E-state index contributed by atoms with van der Waals surface area (Å²) in [6.45, 7) is 0. The van der Waals surface area contributed by atoms with Crippen LogP contribution in [0.5, 0.6) is 0 Å². The smallest absolute Gasteiger partial charge is 0.0521 e. The quantitative estimate of drug-likeness (QED) is 0.899. The number of aryl methyl sites for hydroxylation is 2. The van der Waals surface area contributed by atoms with Crippen LogP contribution in [-0.4, -0.2) is 16.8 Å². The molecule has 0 aliphatic carbocycles. The van der Waals surface area contributed by atoms with Crippen LogP contribution >= 0.6 is 11.6 Å². The Morgan fingerprint density at radius 3 is 2.78 bits per heavy atom. The molecule has 1 heterocycles. The van der Waals surface area contributed by atoms with E-state index in [0.29, 0.717) is 0 Å². The van der Waals surface area contributed by atoms with Gasteiger partial charge in [0.1, 0.15) is 0 Å². The average molecular weight is 264 g/mol. The Balaban J connectivity index is 2.04. The molecule has 1 unspecified atom stereocenters. The molecule has 3 nitrogen and oxygen atoms in total. The van der Waals surface area contributed by atoms with Gasteiger partial charge < -0.3 is 5.32 Å². The van der Waals surface area contributed by atoms with E-state index in [4.69, 9.17) is 11.6 Å². The Morgan fingerprint density at radius 2 is 2.17 bits per heavy atom. The largest absolute Gasteiger partial charge is 0.313 e. The van der Waals surface area contributed by atoms with Gasteiger partial charge in [0.05, 0.1) is 6.20 Å². The lowest BCUT2D eigenvalue weighted by Gasteiger charge is -2.17. The maximum absolute atomic E-state index is 6.23. The van der Waals surface area contributed by atoms with Crippen LogP contribution in [0.25, 0.3) is 0 Å². The zero-order valence-electron chi connectivity index (χ0n) is 10.7. The molecule has 0 radical (unpaired) electrons. The summed E-state index contributed by atoms with van der Waals surface area (Å²) in [5, 5.41) is 8.33. The zero-order valence-corrected chi connectivity index (χ0v) is 11.5. The van der Waals surface area contributed by atoms with Gasteiger partial charge in [-0.3, -0.25) is 4.68 Å². The van der Waals surface area contributed by atoms with Gasteiger partial charge in [-0.2, -0.15) is 5.10 Å². The van der Waals surface area contributed by atoms with E-state index in [1.165, 1.54) is 5.56 Å². The molecule has 18 heavy (non-hydrogen) atoms. The van der Waals surface area contributed by atoms with Crippen LogP contribution < -0.4 is 5.32 Å². The summed E-state index contributed by atoms with van der Waals surface area (Å²) < 4.78 is 1.83. The first kappa shape index (κ1) is 13.1. The van der Waals surface area contributed by atoms with Crippen molar-refractivity contribution in [2.75, 3.05) is 7.05 Å². The van der Waals surface area contributed by atoms with E-state index in [2.05, 4.69) is 22.7 Å². The minimum absolute atomic E-state index is 0.277. The third-order valence-corrected chi connectivity index (χ3v) is 3.45. The predicted molar refractivity (Wildman–Crippen MR) is 74.8 cm³/mol. The topological polar surface area (TPSA) is 29.9 Å². The molecule has 0 spiro atoms. The SMILES string of the molecule is CNC(CCc1cnn(C)c1)c1ccccc1Cl. The fourth-order valence-corrected chi connectivity index (χ4v) is 2.39. The lowest BCUT2D eigenvalue weighted by atomic mass is 10.0. The number of benzene rings is 1. The first-order chi connectivity index (χ1) is 8.70. The van der Waals surface area contributed by atoms with Crippen LogP contribution in [0.1, 0.15) is 23.6 Å². The first-order valence-electron chi connectivity index (χ1n) is 6.10. The van der Waals surface area contributed by atoms with Crippen LogP contribution in [0, 0.1) is 0 Å². The van der Waals surface area contributed by atoms with E-state index < -0.39 is 0 Å². The molecule has 0 saturated carbocycles. The molecule has 1 aromatic heterocycles. The third-order valence-electron chi connectivity index (χ3n) is 3.11. The molecule has 4 heteroatoms. The summed E-state index contributed by atoms with van der Waals surface area (Å²) >= 11 is 6.23. The maximum atomic E-state index is 6.23. The highest BCUT2D eigenvalue weighted by molar-refractivity contribution is 6.31. The van der Waals surface area contributed by atoms with Gasteiger partial charge in [0, 0.05) is 24.3 Å². The van der Waals surface area contributed by atoms with Gasteiger partial charge in [-0.25, -0.2) is 0 Å². The van der Waals surface area contributed by atoms with Crippen molar-refractivity contribution in [3.63, 3.8) is 0 Å². The number of hydrogen-bond acceptors (Lipinski definition) is 2. The Kier molecular flexibility index (Phi) is 4.39. The van der Waals surface area contributed by atoms with Gasteiger partial charge in [-0.05, 0) is 37.1 Å². The molecule has 1 aromatic carbocycles. The summed E-state index contributed by atoms with van der Waals surface area (Å²) in [5.41, 5.74) is 2.41. The van der Waals surface area contributed by atoms with Gasteiger partial charge in [0.15, 0.2) is 0 Å². The second kappa shape index (κ2) is 6.03. The highest BCUT2D eigenvalue weighted by atomic mass is 35.5. The fourth-order valence-electron chi connectivity index (χ4n) is 2.13. The molecular weight excluding hydrogens is 246 g/mol. The first-order valence-corrected chi connectivity index (χ1v) is 6.47. The molecule has 2 aromatic rings. The normalized spacial score (nSPS) is 12.6. The minimum atomic E-state index is 0.277. The van der Waals surface area contributed by atoms with Crippen molar-refractivity contribution >= 4 is 11.6 Å². The minimum Gasteiger partial charge on any atom is -0.313 e. The number of halogens is 1. The van der Waals surface area contributed by atoms with Gasteiger partial charge in [-0.15, -0.1) is 0 Å². The summed E-state index contributed by atoms with van der Waals surface area (Å²) in [6, 6.07) is 8.27. The van der Waals surface area contributed by atoms with E-state index in [9.17, 15) is 0 Å². The molecule has 2 rings (SSSR count). The summed E-state index contributed by atoms with van der Waals surface area (Å²) in [6.07, 6.45) is 5.97. The van der Waals surface area contributed by atoms with Crippen LogP contribution in [0.4, 0.5) is 0 Å². The Bertz CT molecular complexity index is 507. The lowest BCUT2D eigenvalue weighted by Crippen LogP contribution is -2.17. The molecule has 0 bridgehead atoms. The van der Waals surface area contributed by atoms with Crippen LogP contribution in [0.15, 0.2) is 36.7 Å². The fraction of sp³-hybridized carbons (Fsp3) is 0.357. The number of nitrogens with one attached hydrogen (secondary N) is 1. The van der Waals surface area contributed by atoms with Crippen molar-refractivity contribution in [1.29, 1.82) is 0 Å². The van der Waals surface area contributed by atoms with Crippen LogP contribution in [-0.2, 0) is 13.5 Å². The maximum Gasteiger partial charge on any atom is 0.0521 e. The monoisotopic (exact) mass is 263 g/mol. The summed E-state index contributed by atoms with van der Waals surface area (Å²) in [7, 11) is 3.91. The third kappa shape index (κ3) is 3.12. The zero-order chi connectivity index (χ0) is 13.0. The number of hydrogen-bond donors (Lipinski definition) is 1. The van der Waals surface area contributed by atoms with Gasteiger partial charge in [0.2, 0.25) is 0 Å². The van der Waals surface area contributed by atoms with E-state index in [-0.39, 0.29) is 6.04 Å². The molecule has 96 valence electrons. The van der Waals surface area contributed by atoms with E-state index in [1.807, 2.05) is 43.2 Å². The molecule has 1 atom stereocenters.